The van der Waals surface area contributed by atoms with Crippen molar-refractivity contribution < 1.29 is 9.47 Å². The fraction of sp³-hybridized carbons (Fsp3) is 0.714. The molecule has 0 N–H and O–H groups in total. The molecule has 0 aliphatic heterocycles. The van der Waals surface area contributed by atoms with Crippen LogP contribution in [0.25, 0.3) is 0 Å². The molecule has 0 radical (unpaired) electrons. The highest BCUT2D eigenvalue weighted by Gasteiger charge is 1.84. The number of hydrogen-bond donors (Lipinski definition) is 0. The predicted octanol–water partition coefficient (Wildman–Crippen LogP) is 1.57. The minimum atomic E-state index is 0.653. The minimum absolute atomic E-state index is 0.653. The zero-order chi connectivity index (χ0) is 7.11. The Morgan fingerprint density at radius 3 is 2.67 bits per heavy atom. The van der Waals surface area contributed by atoms with Crippen molar-refractivity contribution in [3.8, 4) is 0 Å². The summed E-state index contributed by atoms with van der Waals surface area (Å²) in [5.74, 6) is 0. The van der Waals surface area contributed by atoms with Gasteiger partial charge in [0.25, 0.3) is 0 Å². The van der Waals surface area contributed by atoms with Crippen molar-refractivity contribution in [2.24, 2.45) is 0 Å². The monoisotopic (exact) mass is 130 g/mol. The van der Waals surface area contributed by atoms with Crippen molar-refractivity contribution in [3.63, 3.8) is 0 Å². The second kappa shape index (κ2) is 5.63. The Morgan fingerprint density at radius 1 is 1.56 bits per heavy atom. The molecule has 0 saturated carbocycles. The third kappa shape index (κ3) is 5.37. The summed E-state index contributed by atoms with van der Waals surface area (Å²) in [6.45, 7) is 5.30. The van der Waals surface area contributed by atoms with Crippen LogP contribution in [-0.4, -0.2) is 20.3 Å². The molecule has 2 nitrogen and oxygen atoms in total. The summed E-state index contributed by atoms with van der Waals surface area (Å²) >= 11 is 0. The predicted molar refractivity (Wildman–Crippen MR) is 37.3 cm³/mol. The molecule has 0 heterocycles. The first-order chi connectivity index (χ1) is 4.31. The van der Waals surface area contributed by atoms with Crippen LogP contribution in [0.5, 0.6) is 0 Å². The van der Waals surface area contributed by atoms with Crippen LogP contribution in [0.3, 0.4) is 0 Å². The quantitative estimate of drug-likeness (QED) is 0.538. The van der Waals surface area contributed by atoms with E-state index in [9.17, 15) is 0 Å². The number of methoxy groups -OCH3 is 1. The van der Waals surface area contributed by atoms with Gasteiger partial charge in [0, 0.05) is 7.11 Å². The van der Waals surface area contributed by atoms with E-state index in [4.69, 9.17) is 9.47 Å². The molecule has 0 bridgehead atoms. The molecular formula is C7H14O2. The van der Waals surface area contributed by atoms with Crippen molar-refractivity contribution in [2.45, 2.75) is 13.8 Å². The van der Waals surface area contributed by atoms with E-state index >= 15 is 0 Å². The maximum absolute atomic E-state index is 5.01. The lowest BCUT2D eigenvalue weighted by Crippen LogP contribution is -1.90. The van der Waals surface area contributed by atoms with Gasteiger partial charge in [-0.3, -0.25) is 0 Å². The molecule has 54 valence electrons. The molecule has 0 spiro atoms. The number of ether oxygens (including phenoxy) is 2. The van der Waals surface area contributed by atoms with Crippen LogP contribution >= 0.6 is 0 Å². The molecule has 0 fully saturated rings. The normalized spacial score (nSPS) is 11.7. The number of rotatable bonds is 4. The molecule has 0 aromatic carbocycles. The standard InChI is InChI=1S/C7H14O2/c1-4-9-6-7(2)5-8-3/h6H,4-5H2,1-3H3/b7-6-. The van der Waals surface area contributed by atoms with Gasteiger partial charge in [-0.05, 0) is 19.4 Å². The van der Waals surface area contributed by atoms with E-state index in [0.29, 0.717) is 6.61 Å². The fourth-order valence-electron chi connectivity index (χ4n) is 0.487. The van der Waals surface area contributed by atoms with E-state index in [1.54, 1.807) is 13.4 Å². The van der Waals surface area contributed by atoms with Crippen LogP contribution in [0.1, 0.15) is 13.8 Å². The first-order valence-electron chi connectivity index (χ1n) is 3.07. The van der Waals surface area contributed by atoms with Crippen LogP contribution < -0.4 is 0 Å². The molecule has 0 amide bonds. The van der Waals surface area contributed by atoms with Crippen molar-refractivity contribution >= 4 is 0 Å². The van der Waals surface area contributed by atoms with Gasteiger partial charge in [-0.2, -0.15) is 0 Å². The van der Waals surface area contributed by atoms with Crippen molar-refractivity contribution in [1.82, 2.24) is 0 Å². The average molecular weight is 130 g/mol. The lowest BCUT2D eigenvalue weighted by atomic mass is 10.4. The molecule has 2 heteroatoms. The first-order valence-corrected chi connectivity index (χ1v) is 3.07. The summed E-state index contributed by atoms with van der Waals surface area (Å²) in [6.07, 6.45) is 1.73. The van der Waals surface area contributed by atoms with Gasteiger partial charge in [0.05, 0.1) is 19.5 Å². The number of hydrogen-bond acceptors (Lipinski definition) is 2. The third-order valence-corrected chi connectivity index (χ3v) is 0.823. The van der Waals surface area contributed by atoms with Gasteiger partial charge >= 0.3 is 0 Å². The first kappa shape index (κ1) is 8.50. The van der Waals surface area contributed by atoms with Crippen LogP contribution in [0.15, 0.2) is 11.8 Å². The Hall–Kier alpha value is -0.500. The molecule has 0 saturated heterocycles. The van der Waals surface area contributed by atoms with Crippen molar-refractivity contribution in [2.75, 3.05) is 20.3 Å². The van der Waals surface area contributed by atoms with Crippen LogP contribution in [0, 0.1) is 0 Å². The largest absolute Gasteiger partial charge is 0.501 e. The zero-order valence-electron chi connectivity index (χ0n) is 6.31. The summed E-state index contributed by atoms with van der Waals surface area (Å²) in [5, 5.41) is 0. The van der Waals surface area contributed by atoms with Crippen molar-refractivity contribution in [3.05, 3.63) is 11.8 Å². The highest BCUT2D eigenvalue weighted by Crippen LogP contribution is 1.91. The Bertz CT molecular complexity index is 86.9. The highest BCUT2D eigenvalue weighted by atomic mass is 16.5. The smallest absolute Gasteiger partial charge is 0.0845 e. The summed E-state index contributed by atoms with van der Waals surface area (Å²) in [7, 11) is 1.67. The Labute approximate surface area is 56.5 Å². The van der Waals surface area contributed by atoms with Crippen molar-refractivity contribution in [1.29, 1.82) is 0 Å². The Kier molecular flexibility index (Phi) is 5.32. The van der Waals surface area contributed by atoms with E-state index in [1.807, 2.05) is 13.8 Å². The lowest BCUT2D eigenvalue weighted by Gasteiger charge is -1.98. The second-order valence-corrected chi connectivity index (χ2v) is 1.85. The van der Waals surface area contributed by atoms with Gasteiger partial charge in [0.2, 0.25) is 0 Å². The summed E-state index contributed by atoms with van der Waals surface area (Å²) in [5.41, 5.74) is 1.11. The highest BCUT2D eigenvalue weighted by molar-refractivity contribution is 4.92. The molecule has 0 aromatic heterocycles. The van der Waals surface area contributed by atoms with E-state index < -0.39 is 0 Å². The summed E-state index contributed by atoms with van der Waals surface area (Å²) in [6, 6.07) is 0. The average Bonchev–Trinajstić information content (AvgIpc) is 1.85. The fourth-order valence-corrected chi connectivity index (χ4v) is 0.487. The summed E-state index contributed by atoms with van der Waals surface area (Å²) in [4.78, 5) is 0. The molecule has 0 rings (SSSR count). The van der Waals surface area contributed by atoms with E-state index in [0.717, 1.165) is 12.2 Å². The molecule has 0 aromatic rings. The Balaban J connectivity index is 3.30. The maximum atomic E-state index is 5.01. The van der Waals surface area contributed by atoms with E-state index in [2.05, 4.69) is 0 Å². The Morgan fingerprint density at radius 2 is 2.22 bits per heavy atom. The minimum Gasteiger partial charge on any atom is -0.501 e. The van der Waals surface area contributed by atoms with Gasteiger partial charge in [-0.15, -0.1) is 0 Å². The maximum Gasteiger partial charge on any atom is 0.0845 e. The van der Waals surface area contributed by atoms with Crippen LogP contribution in [0.2, 0.25) is 0 Å². The molecule has 0 aliphatic carbocycles. The molecule has 0 atom stereocenters. The summed E-state index contributed by atoms with van der Waals surface area (Å²) < 4.78 is 9.86. The molecular weight excluding hydrogens is 116 g/mol. The SMILES string of the molecule is CCO/C=C(/C)COC. The van der Waals surface area contributed by atoms with Gasteiger partial charge < -0.3 is 9.47 Å². The van der Waals surface area contributed by atoms with E-state index in [-0.39, 0.29) is 0 Å². The molecule has 9 heavy (non-hydrogen) atoms. The van der Waals surface area contributed by atoms with Crippen LogP contribution in [-0.2, 0) is 9.47 Å². The topological polar surface area (TPSA) is 18.5 Å². The molecule has 0 unspecified atom stereocenters. The van der Waals surface area contributed by atoms with Crippen LogP contribution in [0.4, 0.5) is 0 Å². The zero-order valence-corrected chi connectivity index (χ0v) is 6.31. The second-order valence-electron chi connectivity index (χ2n) is 1.85. The molecule has 0 aliphatic rings. The lowest BCUT2D eigenvalue weighted by molar-refractivity contribution is 0.213. The third-order valence-electron chi connectivity index (χ3n) is 0.823. The van der Waals surface area contributed by atoms with Gasteiger partial charge in [0.1, 0.15) is 0 Å². The van der Waals surface area contributed by atoms with Gasteiger partial charge in [-0.25, -0.2) is 0 Å². The van der Waals surface area contributed by atoms with E-state index in [1.165, 1.54) is 0 Å². The van der Waals surface area contributed by atoms with Gasteiger partial charge in [0.15, 0.2) is 0 Å². The van der Waals surface area contributed by atoms with Gasteiger partial charge in [-0.1, -0.05) is 0 Å².